The SMILES string of the molecule is CCOc1ccccc1/C=C/C(=O)OCC(=O)N[C@H](C)c1ccc2c(c1)OCCO2. The molecule has 3 rings (SSSR count). The summed E-state index contributed by atoms with van der Waals surface area (Å²) in [6, 6.07) is 12.6. The van der Waals surface area contributed by atoms with E-state index in [-0.39, 0.29) is 12.6 Å². The van der Waals surface area contributed by atoms with E-state index in [0.717, 1.165) is 11.1 Å². The maximum Gasteiger partial charge on any atom is 0.331 e. The number of amides is 1. The van der Waals surface area contributed by atoms with Crippen LogP contribution < -0.4 is 19.5 Å². The van der Waals surface area contributed by atoms with Crippen LogP contribution in [-0.2, 0) is 14.3 Å². The van der Waals surface area contributed by atoms with Gasteiger partial charge in [0.15, 0.2) is 18.1 Å². The average Bonchev–Trinajstić information content (AvgIpc) is 2.77. The molecule has 0 saturated carbocycles. The van der Waals surface area contributed by atoms with Gasteiger partial charge in [0.1, 0.15) is 19.0 Å². The first-order valence-electron chi connectivity index (χ1n) is 9.82. The molecule has 7 heteroatoms. The van der Waals surface area contributed by atoms with Crippen molar-refractivity contribution >= 4 is 18.0 Å². The molecule has 0 unspecified atom stereocenters. The van der Waals surface area contributed by atoms with E-state index in [9.17, 15) is 9.59 Å². The van der Waals surface area contributed by atoms with Crippen molar-refractivity contribution in [1.29, 1.82) is 0 Å². The molecule has 1 aliphatic heterocycles. The van der Waals surface area contributed by atoms with Crippen molar-refractivity contribution in [3.63, 3.8) is 0 Å². The van der Waals surface area contributed by atoms with Crippen LogP contribution in [0, 0.1) is 0 Å². The fourth-order valence-corrected chi connectivity index (χ4v) is 2.94. The number of benzene rings is 2. The lowest BCUT2D eigenvalue weighted by Crippen LogP contribution is -2.31. The zero-order chi connectivity index (χ0) is 21.3. The van der Waals surface area contributed by atoms with Crippen LogP contribution in [0.1, 0.15) is 31.0 Å². The molecule has 1 atom stereocenters. The Morgan fingerprint density at radius 3 is 2.70 bits per heavy atom. The Bertz CT molecular complexity index is 924. The Morgan fingerprint density at radius 2 is 1.90 bits per heavy atom. The third-order valence-corrected chi connectivity index (χ3v) is 4.41. The van der Waals surface area contributed by atoms with Crippen molar-refractivity contribution in [3.8, 4) is 17.2 Å². The van der Waals surface area contributed by atoms with Gasteiger partial charge in [-0.2, -0.15) is 0 Å². The van der Waals surface area contributed by atoms with Gasteiger partial charge < -0.3 is 24.3 Å². The smallest absolute Gasteiger partial charge is 0.331 e. The van der Waals surface area contributed by atoms with Gasteiger partial charge in [0, 0.05) is 11.6 Å². The van der Waals surface area contributed by atoms with Gasteiger partial charge in [-0.1, -0.05) is 24.3 Å². The summed E-state index contributed by atoms with van der Waals surface area (Å²) in [6.45, 7) is 4.91. The molecule has 0 bridgehead atoms. The number of esters is 1. The number of hydrogen-bond donors (Lipinski definition) is 1. The van der Waals surface area contributed by atoms with Crippen LogP contribution in [0.2, 0.25) is 0 Å². The molecule has 0 saturated heterocycles. The van der Waals surface area contributed by atoms with Gasteiger partial charge >= 0.3 is 5.97 Å². The molecule has 1 amide bonds. The second-order valence-electron chi connectivity index (χ2n) is 6.60. The predicted molar refractivity (Wildman–Crippen MR) is 112 cm³/mol. The first-order valence-corrected chi connectivity index (χ1v) is 9.82. The van der Waals surface area contributed by atoms with Crippen LogP contribution in [0.3, 0.4) is 0 Å². The molecule has 2 aromatic carbocycles. The normalized spacial score (nSPS) is 13.5. The molecule has 1 heterocycles. The van der Waals surface area contributed by atoms with Gasteiger partial charge in [0.25, 0.3) is 5.91 Å². The Morgan fingerprint density at radius 1 is 1.13 bits per heavy atom. The maximum atomic E-state index is 12.1. The summed E-state index contributed by atoms with van der Waals surface area (Å²) in [5.41, 5.74) is 1.62. The number of nitrogens with one attached hydrogen (secondary N) is 1. The van der Waals surface area contributed by atoms with E-state index in [2.05, 4.69) is 5.32 Å². The monoisotopic (exact) mass is 411 g/mol. The molecular weight excluding hydrogens is 386 g/mol. The summed E-state index contributed by atoms with van der Waals surface area (Å²) >= 11 is 0. The first-order chi connectivity index (χ1) is 14.6. The van der Waals surface area contributed by atoms with E-state index >= 15 is 0 Å². The predicted octanol–water partition coefficient (Wildman–Crippen LogP) is 3.29. The Labute approximate surface area is 175 Å². The molecule has 1 N–H and O–H groups in total. The lowest BCUT2D eigenvalue weighted by atomic mass is 10.1. The van der Waals surface area contributed by atoms with E-state index in [1.165, 1.54) is 6.08 Å². The summed E-state index contributed by atoms with van der Waals surface area (Å²) in [6.07, 6.45) is 2.87. The number of fused-ring (bicyclic) bond motifs is 1. The van der Waals surface area contributed by atoms with E-state index in [0.29, 0.717) is 37.1 Å². The summed E-state index contributed by atoms with van der Waals surface area (Å²) < 4.78 is 21.6. The highest BCUT2D eigenvalue weighted by Gasteiger charge is 2.16. The standard InChI is InChI=1S/C23H25NO6/c1-3-27-19-7-5-4-6-17(19)9-11-23(26)30-15-22(25)24-16(2)18-8-10-20-21(14-18)29-13-12-28-20/h4-11,14,16H,3,12-13,15H2,1-2H3,(H,24,25)/b11-9+/t16-/m1/s1. The van der Waals surface area contributed by atoms with Gasteiger partial charge in [-0.25, -0.2) is 4.79 Å². The Balaban J connectivity index is 1.49. The van der Waals surface area contributed by atoms with Crippen LogP contribution >= 0.6 is 0 Å². The van der Waals surface area contributed by atoms with Crippen LogP contribution in [0.5, 0.6) is 17.2 Å². The molecular formula is C23H25NO6. The minimum absolute atomic E-state index is 0.277. The van der Waals surface area contributed by atoms with Crippen LogP contribution in [-0.4, -0.2) is 38.3 Å². The number of carbonyl (C=O) groups excluding carboxylic acids is 2. The molecule has 0 spiro atoms. The number of hydrogen-bond acceptors (Lipinski definition) is 6. The molecule has 0 fully saturated rings. The molecule has 0 radical (unpaired) electrons. The van der Waals surface area contributed by atoms with E-state index in [1.54, 1.807) is 6.08 Å². The third-order valence-electron chi connectivity index (χ3n) is 4.41. The maximum absolute atomic E-state index is 12.1. The van der Waals surface area contributed by atoms with Gasteiger partial charge in [-0.3, -0.25) is 4.79 Å². The second kappa shape index (κ2) is 10.3. The summed E-state index contributed by atoms with van der Waals surface area (Å²) in [5, 5.41) is 2.80. The fraction of sp³-hybridized carbons (Fsp3) is 0.304. The minimum atomic E-state index is -0.608. The summed E-state index contributed by atoms with van der Waals surface area (Å²) in [7, 11) is 0. The molecule has 158 valence electrons. The van der Waals surface area contributed by atoms with Crippen molar-refractivity contribution in [3.05, 3.63) is 59.7 Å². The van der Waals surface area contributed by atoms with Crippen LogP contribution in [0.15, 0.2) is 48.5 Å². The molecule has 7 nitrogen and oxygen atoms in total. The Kier molecular flexibility index (Phi) is 7.32. The van der Waals surface area contributed by atoms with E-state index < -0.39 is 11.9 Å². The van der Waals surface area contributed by atoms with E-state index in [1.807, 2.05) is 56.3 Å². The van der Waals surface area contributed by atoms with Gasteiger partial charge in [-0.15, -0.1) is 0 Å². The fourth-order valence-electron chi connectivity index (χ4n) is 2.94. The van der Waals surface area contributed by atoms with Crippen molar-refractivity contribution < 1.29 is 28.5 Å². The zero-order valence-electron chi connectivity index (χ0n) is 17.1. The van der Waals surface area contributed by atoms with E-state index in [4.69, 9.17) is 18.9 Å². The molecule has 0 aromatic heterocycles. The van der Waals surface area contributed by atoms with Gasteiger partial charge in [0.05, 0.1) is 12.6 Å². The van der Waals surface area contributed by atoms with Crippen LogP contribution in [0.4, 0.5) is 0 Å². The average molecular weight is 411 g/mol. The third kappa shape index (κ3) is 5.76. The largest absolute Gasteiger partial charge is 0.493 e. The summed E-state index contributed by atoms with van der Waals surface area (Å²) in [4.78, 5) is 24.1. The van der Waals surface area contributed by atoms with Crippen molar-refractivity contribution in [2.75, 3.05) is 26.4 Å². The zero-order valence-corrected chi connectivity index (χ0v) is 17.1. The molecule has 30 heavy (non-hydrogen) atoms. The summed E-state index contributed by atoms with van der Waals surface area (Å²) in [5.74, 6) is 1.02. The highest BCUT2D eigenvalue weighted by Crippen LogP contribution is 2.32. The highest BCUT2D eigenvalue weighted by atomic mass is 16.6. The molecule has 2 aromatic rings. The number of para-hydroxylation sites is 1. The highest BCUT2D eigenvalue weighted by molar-refractivity contribution is 5.89. The number of ether oxygens (including phenoxy) is 4. The molecule has 1 aliphatic rings. The Hall–Kier alpha value is -3.48. The van der Waals surface area contributed by atoms with Crippen LogP contribution in [0.25, 0.3) is 6.08 Å². The van der Waals surface area contributed by atoms with Crippen molar-refractivity contribution in [2.45, 2.75) is 19.9 Å². The van der Waals surface area contributed by atoms with Crippen molar-refractivity contribution in [1.82, 2.24) is 5.32 Å². The quantitative estimate of drug-likeness (QED) is 0.530. The van der Waals surface area contributed by atoms with Gasteiger partial charge in [0.2, 0.25) is 0 Å². The topological polar surface area (TPSA) is 83.1 Å². The second-order valence-corrected chi connectivity index (χ2v) is 6.60. The minimum Gasteiger partial charge on any atom is -0.493 e. The van der Waals surface area contributed by atoms with Gasteiger partial charge in [-0.05, 0) is 43.7 Å². The lowest BCUT2D eigenvalue weighted by Gasteiger charge is -2.21. The lowest BCUT2D eigenvalue weighted by molar-refractivity contribution is -0.144. The molecule has 0 aliphatic carbocycles. The number of carbonyl (C=O) groups is 2. The first kappa shape index (κ1) is 21.2. The number of rotatable bonds is 8. The van der Waals surface area contributed by atoms with Crippen molar-refractivity contribution in [2.24, 2.45) is 0 Å².